The molecule has 1 rings (SSSR count). The summed E-state index contributed by atoms with van der Waals surface area (Å²) in [5.74, 6) is 0.337. The van der Waals surface area contributed by atoms with Gasteiger partial charge in [0.1, 0.15) is 11.4 Å². The van der Waals surface area contributed by atoms with Crippen LogP contribution < -0.4 is 28.5 Å². The molecule has 0 fully saturated rings. The molecule has 1 N–H and O–H groups in total. The van der Waals surface area contributed by atoms with E-state index in [2.05, 4.69) is 28.1 Å². The van der Waals surface area contributed by atoms with E-state index in [1.807, 2.05) is 12.1 Å². The summed E-state index contributed by atoms with van der Waals surface area (Å²) in [5.41, 5.74) is 2.36. The van der Waals surface area contributed by atoms with E-state index in [0.717, 1.165) is 10.2 Å². The van der Waals surface area contributed by atoms with Gasteiger partial charge in [-0.05, 0) is 19.1 Å². The molecule has 0 saturated heterocycles. The number of nitrogens with zero attached hydrogens (tertiary/aromatic N) is 1. The minimum atomic E-state index is 0. The largest absolute Gasteiger partial charge is 1.00 e. The summed E-state index contributed by atoms with van der Waals surface area (Å²) in [6.45, 7) is 2.05. The van der Waals surface area contributed by atoms with Crippen molar-refractivity contribution in [3.63, 3.8) is 0 Å². The standard InChI is InChI=1S/C10H15NO.HI/c1-8-5-6-9(12)7-10(8)11(2,3)4;/h5-7H,1-4H3;1H. The fourth-order valence-electron chi connectivity index (χ4n) is 1.32. The van der Waals surface area contributed by atoms with Crippen LogP contribution in [0.1, 0.15) is 5.56 Å². The Morgan fingerprint density at radius 1 is 1.15 bits per heavy atom. The number of hydrogen-bond acceptors (Lipinski definition) is 1. The molecule has 0 unspecified atom stereocenters. The van der Waals surface area contributed by atoms with Gasteiger partial charge in [-0.2, -0.15) is 0 Å². The average molecular weight is 293 g/mol. The number of phenolic OH excluding ortho intramolecular Hbond substituents is 1. The zero-order chi connectivity index (χ0) is 9.35. The zero-order valence-electron chi connectivity index (χ0n) is 8.50. The summed E-state index contributed by atoms with van der Waals surface area (Å²) in [4.78, 5) is 0. The first-order valence-electron chi connectivity index (χ1n) is 4.03. The average Bonchev–Trinajstić information content (AvgIpc) is 1.92. The first kappa shape index (κ1) is 12.7. The number of quaternary nitrogens is 1. The third-order valence-electron chi connectivity index (χ3n) is 1.92. The van der Waals surface area contributed by atoms with E-state index in [9.17, 15) is 5.11 Å². The minimum absolute atomic E-state index is 0. The minimum Gasteiger partial charge on any atom is -1.00 e. The summed E-state index contributed by atoms with van der Waals surface area (Å²) >= 11 is 0. The maximum absolute atomic E-state index is 9.29. The van der Waals surface area contributed by atoms with Crippen LogP contribution in [0.4, 0.5) is 5.69 Å². The molecule has 0 amide bonds. The fraction of sp³-hybridized carbons (Fsp3) is 0.400. The van der Waals surface area contributed by atoms with Crippen LogP contribution in [-0.4, -0.2) is 26.2 Å². The molecule has 13 heavy (non-hydrogen) atoms. The van der Waals surface area contributed by atoms with Crippen LogP contribution in [0.5, 0.6) is 5.75 Å². The van der Waals surface area contributed by atoms with Crippen LogP contribution in [-0.2, 0) is 0 Å². The van der Waals surface area contributed by atoms with E-state index in [-0.39, 0.29) is 24.0 Å². The second-order valence-corrected chi connectivity index (χ2v) is 3.98. The summed E-state index contributed by atoms with van der Waals surface area (Å²) in [6, 6.07) is 5.47. The van der Waals surface area contributed by atoms with Crippen LogP contribution >= 0.6 is 0 Å². The third-order valence-corrected chi connectivity index (χ3v) is 1.92. The Hall–Kier alpha value is -0.290. The Kier molecular flexibility index (Phi) is 4.19. The number of benzene rings is 1. The summed E-state index contributed by atoms with van der Waals surface area (Å²) in [6.07, 6.45) is 0. The van der Waals surface area contributed by atoms with E-state index in [1.165, 1.54) is 5.56 Å². The lowest BCUT2D eigenvalue weighted by atomic mass is 10.1. The van der Waals surface area contributed by atoms with Crippen molar-refractivity contribution in [2.24, 2.45) is 0 Å². The van der Waals surface area contributed by atoms with Crippen molar-refractivity contribution < 1.29 is 29.1 Å². The van der Waals surface area contributed by atoms with Gasteiger partial charge in [0.2, 0.25) is 0 Å². The van der Waals surface area contributed by atoms with Crippen LogP contribution in [0.3, 0.4) is 0 Å². The topological polar surface area (TPSA) is 20.2 Å². The summed E-state index contributed by atoms with van der Waals surface area (Å²) < 4.78 is 0.736. The van der Waals surface area contributed by atoms with Gasteiger partial charge >= 0.3 is 0 Å². The second kappa shape index (κ2) is 4.28. The molecule has 74 valence electrons. The molecule has 0 radical (unpaired) electrons. The van der Waals surface area contributed by atoms with Gasteiger partial charge in [0, 0.05) is 11.6 Å². The Bertz CT molecular complexity index is 291. The SMILES string of the molecule is Cc1ccc(O)cc1[N+](C)(C)C.[I-]. The molecule has 0 aromatic heterocycles. The molecule has 0 aliphatic carbocycles. The molecule has 0 saturated carbocycles. The van der Waals surface area contributed by atoms with Crippen molar-refractivity contribution in [1.82, 2.24) is 4.48 Å². The van der Waals surface area contributed by atoms with Crippen molar-refractivity contribution in [2.45, 2.75) is 6.92 Å². The highest BCUT2D eigenvalue weighted by molar-refractivity contribution is 5.52. The van der Waals surface area contributed by atoms with E-state index in [1.54, 1.807) is 6.07 Å². The van der Waals surface area contributed by atoms with Crippen LogP contribution in [0.25, 0.3) is 0 Å². The molecular formula is C10H16INO. The molecule has 0 spiro atoms. The molecule has 0 bridgehead atoms. The van der Waals surface area contributed by atoms with Crippen molar-refractivity contribution in [2.75, 3.05) is 21.1 Å². The van der Waals surface area contributed by atoms with E-state index >= 15 is 0 Å². The Morgan fingerprint density at radius 3 is 2.08 bits per heavy atom. The number of phenols is 1. The van der Waals surface area contributed by atoms with Crippen molar-refractivity contribution in [3.8, 4) is 5.75 Å². The van der Waals surface area contributed by atoms with Crippen molar-refractivity contribution in [3.05, 3.63) is 23.8 Å². The molecule has 0 heterocycles. The van der Waals surface area contributed by atoms with Gasteiger partial charge in [-0.1, -0.05) is 0 Å². The lowest BCUT2D eigenvalue weighted by molar-refractivity contribution is -0.00000390. The molecule has 1 aromatic rings. The van der Waals surface area contributed by atoms with Crippen molar-refractivity contribution >= 4 is 5.69 Å². The van der Waals surface area contributed by atoms with E-state index < -0.39 is 0 Å². The molecule has 0 aliphatic heterocycles. The van der Waals surface area contributed by atoms with Gasteiger partial charge in [0.25, 0.3) is 0 Å². The lowest BCUT2D eigenvalue weighted by Gasteiger charge is -2.25. The number of hydrogen-bond donors (Lipinski definition) is 1. The van der Waals surface area contributed by atoms with Crippen LogP contribution in [0.2, 0.25) is 0 Å². The van der Waals surface area contributed by atoms with Gasteiger partial charge in [0.05, 0.1) is 21.1 Å². The predicted octanol–water partition coefficient (Wildman–Crippen LogP) is -1.10. The summed E-state index contributed by atoms with van der Waals surface area (Å²) in [7, 11) is 6.26. The highest BCUT2D eigenvalue weighted by Crippen LogP contribution is 2.26. The Balaban J connectivity index is 0.00000144. The molecule has 3 heteroatoms. The number of halogens is 1. The fourth-order valence-corrected chi connectivity index (χ4v) is 1.32. The lowest BCUT2D eigenvalue weighted by Crippen LogP contribution is -3.00. The van der Waals surface area contributed by atoms with Gasteiger partial charge in [-0.25, -0.2) is 0 Å². The molecule has 0 aliphatic rings. The number of rotatable bonds is 1. The molecule has 2 nitrogen and oxygen atoms in total. The van der Waals surface area contributed by atoms with Gasteiger partial charge in [-0.15, -0.1) is 0 Å². The number of aromatic hydroxyl groups is 1. The van der Waals surface area contributed by atoms with E-state index in [4.69, 9.17) is 0 Å². The predicted molar refractivity (Wildman–Crippen MR) is 52.4 cm³/mol. The third kappa shape index (κ3) is 3.15. The molecular weight excluding hydrogens is 277 g/mol. The quantitative estimate of drug-likeness (QED) is 0.515. The second-order valence-electron chi connectivity index (χ2n) is 3.98. The summed E-state index contributed by atoms with van der Waals surface area (Å²) in [5, 5.41) is 9.29. The zero-order valence-corrected chi connectivity index (χ0v) is 10.7. The number of aryl methyl sites for hydroxylation is 1. The van der Waals surface area contributed by atoms with Gasteiger partial charge in [-0.3, -0.25) is 4.48 Å². The smallest absolute Gasteiger partial charge is 0.138 e. The van der Waals surface area contributed by atoms with Gasteiger partial charge in [0.15, 0.2) is 0 Å². The first-order chi connectivity index (χ1) is 5.41. The normalized spacial score (nSPS) is 10.8. The molecule has 0 atom stereocenters. The van der Waals surface area contributed by atoms with Gasteiger partial charge < -0.3 is 29.1 Å². The van der Waals surface area contributed by atoms with E-state index in [0.29, 0.717) is 5.75 Å². The highest BCUT2D eigenvalue weighted by atomic mass is 127. The highest BCUT2D eigenvalue weighted by Gasteiger charge is 2.15. The maximum Gasteiger partial charge on any atom is 0.138 e. The van der Waals surface area contributed by atoms with Crippen LogP contribution in [0, 0.1) is 6.92 Å². The first-order valence-corrected chi connectivity index (χ1v) is 4.03. The Morgan fingerprint density at radius 2 is 1.69 bits per heavy atom. The monoisotopic (exact) mass is 293 g/mol. The maximum atomic E-state index is 9.29. The molecule has 1 aromatic carbocycles. The Labute approximate surface area is 96.8 Å². The van der Waals surface area contributed by atoms with Crippen LogP contribution in [0.15, 0.2) is 18.2 Å². The van der Waals surface area contributed by atoms with Crippen molar-refractivity contribution in [1.29, 1.82) is 0 Å².